The Balaban J connectivity index is 0.000000293. The largest absolute Gasteiger partial charge is 0.542 e. The molecule has 8 heteroatoms. The van der Waals surface area contributed by atoms with E-state index in [-0.39, 0.29) is 10.5 Å². The molecule has 16 heavy (non-hydrogen) atoms. The number of halogens is 3. The summed E-state index contributed by atoms with van der Waals surface area (Å²) in [6.07, 6.45) is -0.403. The van der Waals surface area contributed by atoms with Gasteiger partial charge in [-0.15, -0.1) is 4.59 Å². The van der Waals surface area contributed by atoms with Gasteiger partial charge in [-0.2, -0.15) is 13.2 Å². The molecular formula is C8H9F3N2O3. The van der Waals surface area contributed by atoms with E-state index in [1.807, 2.05) is 0 Å². The number of allylic oxidation sites excluding steroid dienone is 1. The second-order valence-corrected chi connectivity index (χ2v) is 3.14. The van der Waals surface area contributed by atoms with Gasteiger partial charge in [0.25, 0.3) is 0 Å². The molecule has 1 amide bonds. The van der Waals surface area contributed by atoms with Crippen molar-refractivity contribution in [2.24, 2.45) is 5.10 Å². The number of nitrogens with zero attached hydrogens (tertiary/aromatic N) is 2. The van der Waals surface area contributed by atoms with Crippen LogP contribution in [0.4, 0.5) is 13.2 Å². The zero-order valence-corrected chi connectivity index (χ0v) is 8.49. The molecule has 0 aromatic heterocycles. The van der Waals surface area contributed by atoms with Crippen LogP contribution >= 0.6 is 0 Å². The predicted molar refractivity (Wildman–Crippen MR) is 45.8 cm³/mol. The number of carbonyl (C=O) groups excluding carboxylic acids is 2. The third-order valence-corrected chi connectivity index (χ3v) is 1.45. The molecule has 1 aliphatic heterocycles. The Kier molecular flexibility index (Phi) is 4.36. The first kappa shape index (κ1) is 14.3. The second kappa shape index (κ2) is 4.88. The first-order valence-electron chi connectivity index (χ1n) is 3.96. The maximum absolute atomic E-state index is 10.9. The fourth-order valence-electron chi connectivity index (χ4n) is 0.570. The molecule has 1 rings (SSSR count). The van der Waals surface area contributed by atoms with E-state index in [0.29, 0.717) is 0 Å². The van der Waals surface area contributed by atoms with Crippen LogP contribution in [-0.2, 0) is 9.59 Å². The molecule has 5 nitrogen and oxygen atoms in total. The average molecular weight is 238 g/mol. The minimum absolute atomic E-state index is 0.0116. The van der Waals surface area contributed by atoms with Crippen LogP contribution < -0.4 is 5.11 Å². The average Bonchev–Trinajstić information content (AvgIpc) is 2.09. The van der Waals surface area contributed by atoms with Gasteiger partial charge in [-0.3, -0.25) is 0 Å². The number of quaternary nitrogens is 1. The van der Waals surface area contributed by atoms with Gasteiger partial charge in [0.2, 0.25) is 0 Å². The van der Waals surface area contributed by atoms with Crippen LogP contribution in [0.1, 0.15) is 0 Å². The maximum Gasteiger partial charge on any atom is 0.430 e. The first-order valence-corrected chi connectivity index (χ1v) is 3.96. The first-order chi connectivity index (χ1) is 7.07. The summed E-state index contributed by atoms with van der Waals surface area (Å²) in [6, 6.07) is 0. The second-order valence-electron chi connectivity index (χ2n) is 3.14. The van der Waals surface area contributed by atoms with Crippen molar-refractivity contribution in [2.45, 2.75) is 6.18 Å². The fourth-order valence-corrected chi connectivity index (χ4v) is 0.570. The summed E-state index contributed by atoms with van der Waals surface area (Å²) in [5, 5.41) is 12.7. The molecule has 0 aromatic carbocycles. The van der Waals surface area contributed by atoms with Gasteiger partial charge in [0, 0.05) is 6.08 Å². The molecule has 0 N–H and O–H groups in total. The van der Waals surface area contributed by atoms with Crippen LogP contribution in [0.3, 0.4) is 0 Å². The summed E-state index contributed by atoms with van der Waals surface area (Å²) in [5.74, 6) is -3.00. The van der Waals surface area contributed by atoms with Crippen molar-refractivity contribution in [1.29, 1.82) is 0 Å². The van der Waals surface area contributed by atoms with E-state index in [9.17, 15) is 18.0 Å². The number of likely N-dealkylation sites (N-methyl/N-ethyl adjacent to an activating group) is 1. The van der Waals surface area contributed by atoms with Gasteiger partial charge in [0.15, 0.2) is 0 Å². The van der Waals surface area contributed by atoms with E-state index < -0.39 is 12.1 Å². The van der Waals surface area contributed by atoms with Crippen molar-refractivity contribution in [1.82, 2.24) is 0 Å². The molecule has 0 aliphatic carbocycles. The fraction of sp³-hybridized carbons (Fsp3) is 0.375. The number of hydrogen-bond acceptors (Lipinski definition) is 4. The van der Waals surface area contributed by atoms with E-state index in [4.69, 9.17) is 9.90 Å². The lowest BCUT2D eigenvalue weighted by Crippen LogP contribution is -2.40. The molecule has 0 saturated heterocycles. The Morgan fingerprint density at radius 2 is 1.88 bits per heavy atom. The Hall–Kier alpha value is -1.70. The van der Waals surface area contributed by atoms with E-state index in [2.05, 4.69) is 5.10 Å². The van der Waals surface area contributed by atoms with E-state index >= 15 is 0 Å². The summed E-state index contributed by atoms with van der Waals surface area (Å²) in [4.78, 5) is 19.7. The lowest BCUT2D eigenvalue weighted by Gasteiger charge is -2.18. The number of hydrogen-bond donors (Lipinski definition) is 0. The third kappa shape index (κ3) is 4.69. The number of carboxylic acids is 1. The highest BCUT2D eigenvalue weighted by molar-refractivity contribution is 5.89. The van der Waals surface area contributed by atoms with E-state index in [0.717, 1.165) is 0 Å². The van der Waals surface area contributed by atoms with E-state index in [1.165, 1.54) is 6.08 Å². The van der Waals surface area contributed by atoms with Crippen molar-refractivity contribution < 1.29 is 32.5 Å². The normalized spacial score (nSPS) is 17.7. The Labute approximate surface area is 89.1 Å². The standard InChI is InChI=1S/C6H9N2O.C2HF3O2/c1-8(2)6(9)4-3-5-7-8;3-2(4,5)1(6)7/h3-5H,1-2H3;(H,6,7)/q+1;/p-1. The predicted octanol–water partition coefficient (Wildman–Crippen LogP) is -0.556. The molecular weight excluding hydrogens is 229 g/mol. The lowest BCUT2D eigenvalue weighted by atomic mass is 10.4. The highest BCUT2D eigenvalue weighted by atomic mass is 19.4. The number of rotatable bonds is 0. The molecule has 0 radical (unpaired) electrons. The summed E-state index contributed by atoms with van der Waals surface area (Å²) < 4.78 is 31.6. The Morgan fingerprint density at radius 1 is 1.44 bits per heavy atom. The number of amides is 1. The van der Waals surface area contributed by atoms with Crippen LogP contribution in [0, 0.1) is 0 Å². The molecule has 0 fully saturated rings. The molecule has 90 valence electrons. The number of carboxylic acid groups (broad SMARTS) is 1. The molecule has 0 saturated carbocycles. The zero-order chi connectivity index (χ0) is 13.0. The van der Waals surface area contributed by atoms with Gasteiger partial charge >= 0.3 is 12.1 Å². The Bertz CT molecular complexity index is 345. The van der Waals surface area contributed by atoms with Gasteiger partial charge < -0.3 is 9.90 Å². The van der Waals surface area contributed by atoms with Crippen LogP contribution in [-0.4, -0.2) is 43.0 Å². The SMILES string of the molecule is C[N+]1(C)N=CC=CC1=O.O=C([O-])C(F)(F)F. The van der Waals surface area contributed by atoms with Gasteiger partial charge in [-0.05, 0) is 6.08 Å². The van der Waals surface area contributed by atoms with Gasteiger partial charge in [0.1, 0.15) is 20.1 Å². The minimum Gasteiger partial charge on any atom is -0.542 e. The molecule has 1 heterocycles. The molecule has 0 spiro atoms. The lowest BCUT2D eigenvalue weighted by molar-refractivity contribution is -0.817. The van der Waals surface area contributed by atoms with Crippen molar-refractivity contribution in [3.8, 4) is 0 Å². The highest BCUT2D eigenvalue weighted by Crippen LogP contribution is 2.11. The molecule has 0 bridgehead atoms. The monoisotopic (exact) mass is 238 g/mol. The van der Waals surface area contributed by atoms with Crippen LogP contribution in [0.2, 0.25) is 0 Å². The zero-order valence-electron chi connectivity index (χ0n) is 8.49. The van der Waals surface area contributed by atoms with Crippen LogP contribution in [0.5, 0.6) is 0 Å². The Morgan fingerprint density at radius 3 is 2.06 bits per heavy atom. The smallest absolute Gasteiger partial charge is 0.430 e. The van der Waals surface area contributed by atoms with Crippen molar-refractivity contribution >= 4 is 18.1 Å². The molecule has 0 unspecified atom stereocenters. The maximum atomic E-state index is 10.9. The van der Waals surface area contributed by atoms with Crippen molar-refractivity contribution in [3.63, 3.8) is 0 Å². The van der Waals surface area contributed by atoms with Crippen LogP contribution in [0.25, 0.3) is 0 Å². The van der Waals surface area contributed by atoms with Gasteiger partial charge in [-0.1, -0.05) is 5.10 Å². The van der Waals surface area contributed by atoms with Gasteiger partial charge in [-0.25, -0.2) is 4.79 Å². The third-order valence-electron chi connectivity index (χ3n) is 1.45. The van der Waals surface area contributed by atoms with Crippen LogP contribution in [0.15, 0.2) is 17.3 Å². The van der Waals surface area contributed by atoms with Crippen molar-refractivity contribution in [2.75, 3.05) is 14.1 Å². The number of alkyl halides is 3. The summed E-state index contributed by atoms with van der Waals surface area (Å²) >= 11 is 0. The molecule has 1 aliphatic rings. The van der Waals surface area contributed by atoms with E-state index in [1.54, 1.807) is 26.4 Å². The summed E-state index contributed by atoms with van der Waals surface area (Å²) in [7, 11) is 3.48. The summed E-state index contributed by atoms with van der Waals surface area (Å²) in [5.41, 5.74) is 0. The van der Waals surface area contributed by atoms with Gasteiger partial charge in [0.05, 0.1) is 6.21 Å². The molecule has 0 aromatic rings. The molecule has 0 atom stereocenters. The highest BCUT2D eigenvalue weighted by Gasteiger charge is 2.28. The quantitative estimate of drug-likeness (QED) is 0.531. The van der Waals surface area contributed by atoms with Crippen molar-refractivity contribution in [3.05, 3.63) is 12.2 Å². The number of aliphatic carboxylic acids is 1. The topological polar surface area (TPSA) is 69.6 Å². The number of carbonyl (C=O) groups is 2. The summed E-state index contributed by atoms with van der Waals surface area (Å²) in [6.45, 7) is 0. The minimum atomic E-state index is -5.19.